The topological polar surface area (TPSA) is 67.9 Å². The van der Waals surface area contributed by atoms with Crippen molar-refractivity contribution in [1.29, 1.82) is 0 Å². The maximum absolute atomic E-state index is 13.6. The van der Waals surface area contributed by atoms with Crippen LogP contribution in [0, 0.1) is 11.8 Å². The fourth-order valence-corrected chi connectivity index (χ4v) is 3.99. The number of nitrogens with zero attached hydrogens (tertiary/aromatic N) is 1. The van der Waals surface area contributed by atoms with Gasteiger partial charge in [-0.3, -0.25) is 4.79 Å². The highest BCUT2D eigenvalue weighted by Gasteiger charge is 2.27. The molecule has 1 aliphatic carbocycles. The third-order valence-corrected chi connectivity index (χ3v) is 5.91. The number of halogens is 3. The molecule has 0 spiro atoms. The van der Waals surface area contributed by atoms with Gasteiger partial charge in [-0.05, 0) is 71.8 Å². The van der Waals surface area contributed by atoms with E-state index in [2.05, 4.69) is 5.32 Å². The number of carbonyl (C=O) groups excluding carboxylic acids is 2. The smallest absolute Gasteiger partial charge is 0.410 e. The van der Waals surface area contributed by atoms with Crippen molar-refractivity contribution in [3.8, 4) is 0 Å². The first-order valence-electron chi connectivity index (χ1n) is 12.5. The first kappa shape index (κ1) is 29.5. The Morgan fingerprint density at radius 2 is 1.92 bits per heavy atom. The number of allylic oxidation sites excluding steroid dienone is 7. The average molecular weight is 513 g/mol. The van der Waals surface area contributed by atoms with Crippen molar-refractivity contribution in [3.05, 3.63) is 47.5 Å². The molecule has 0 bridgehead atoms. The first-order valence-corrected chi connectivity index (χ1v) is 12.5. The van der Waals surface area contributed by atoms with Gasteiger partial charge in [0.2, 0.25) is 5.91 Å². The van der Waals surface area contributed by atoms with Crippen molar-refractivity contribution in [1.82, 2.24) is 10.2 Å². The van der Waals surface area contributed by atoms with Crippen molar-refractivity contribution < 1.29 is 32.2 Å². The summed E-state index contributed by atoms with van der Waals surface area (Å²) in [5, 5.41) is 2.27. The highest BCUT2D eigenvalue weighted by Crippen LogP contribution is 2.25. The zero-order chi connectivity index (χ0) is 26.7. The summed E-state index contributed by atoms with van der Waals surface area (Å²) in [7, 11) is 0. The molecule has 0 aromatic heterocycles. The van der Waals surface area contributed by atoms with Crippen molar-refractivity contribution in [2.45, 2.75) is 71.8 Å². The van der Waals surface area contributed by atoms with Gasteiger partial charge in [-0.15, -0.1) is 0 Å². The quantitative estimate of drug-likeness (QED) is 0.301. The van der Waals surface area contributed by atoms with Crippen LogP contribution in [0.3, 0.4) is 0 Å². The molecule has 2 rings (SSSR count). The Balaban J connectivity index is 1.83. The van der Waals surface area contributed by atoms with Gasteiger partial charge in [0.1, 0.15) is 17.2 Å². The number of nitrogens with one attached hydrogen (secondary N) is 1. The maximum Gasteiger partial charge on any atom is 0.410 e. The molecule has 1 aliphatic heterocycles. The third kappa shape index (κ3) is 11.4. The van der Waals surface area contributed by atoms with Crippen LogP contribution in [-0.4, -0.2) is 55.2 Å². The monoisotopic (exact) mass is 512 g/mol. The normalized spacial score (nSPS) is 20.5. The van der Waals surface area contributed by atoms with E-state index in [1.165, 1.54) is 13.0 Å². The molecule has 2 aliphatic rings. The molecular formula is C27H39F3N2O4. The van der Waals surface area contributed by atoms with Gasteiger partial charge in [0.05, 0.1) is 13.2 Å². The van der Waals surface area contributed by atoms with Gasteiger partial charge >= 0.3 is 6.09 Å². The number of alkyl halides is 2. The molecule has 1 heterocycles. The largest absolute Gasteiger partial charge is 0.493 e. The minimum atomic E-state index is -2.55. The van der Waals surface area contributed by atoms with Crippen LogP contribution >= 0.6 is 0 Å². The van der Waals surface area contributed by atoms with E-state index in [4.69, 9.17) is 9.47 Å². The molecule has 1 saturated heterocycles. The Morgan fingerprint density at radius 1 is 1.22 bits per heavy atom. The second-order valence-corrected chi connectivity index (χ2v) is 10.3. The van der Waals surface area contributed by atoms with E-state index < -0.39 is 18.6 Å². The van der Waals surface area contributed by atoms with Gasteiger partial charge in [0.25, 0.3) is 6.43 Å². The molecule has 1 atom stereocenters. The summed E-state index contributed by atoms with van der Waals surface area (Å²) in [6.07, 6.45) is 9.05. The number of carbonyl (C=O) groups is 2. The molecule has 0 aromatic carbocycles. The SMILES string of the molecule is C\C(F)=C/C(=C\C=C\C1=CCC(C(=O)NCC(F)F)CC1)OCC1CCN(C(=O)OC(C)(C)C)CC1. The maximum atomic E-state index is 13.6. The number of rotatable bonds is 9. The fraction of sp³-hybridized carbons (Fsp3) is 0.630. The molecule has 36 heavy (non-hydrogen) atoms. The molecule has 6 nitrogen and oxygen atoms in total. The molecule has 1 unspecified atom stereocenters. The number of hydrogen-bond donors (Lipinski definition) is 1. The van der Waals surface area contributed by atoms with Crippen molar-refractivity contribution in [2.24, 2.45) is 11.8 Å². The number of likely N-dealkylation sites (tertiary alicyclic amines) is 1. The Hall–Kier alpha value is -2.71. The van der Waals surface area contributed by atoms with E-state index in [0.717, 1.165) is 18.4 Å². The van der Waals surface area contributed by atoms with E-state index >= 15 is 0 Å². The fourth-order valence-electron chi connectivity index (χ4n) is 3.99. The zero-order valence-corrected chi connectivity index (χ0v) is 21.7. The summed E-state index contributed by atoms with van der Waals surface area (Å²) in [6.45, 7) is 7.86. The lowest BCUT2D eigenvalue weighted by molar-refractivity contribution is -0.125. The van der Waals surface area contributed by atoms with Crippen LogP contribution in [0.4, 0.5) is 18.0 Å². The van der Waals surface area contributed by atoms with Crippen LogP contribution in [0.15, 0.2) is 47.5 Å². The zero-order valence-electron chi connectivity index (χ0n) is 21.7. The van der Waals surface area contributed by atoms with E-state index in [1.807, 2.05) is 32.9 Å². The average Bonchev–Trinajstić information content (AvgIpc) is 2.80. The van der Waals surface area contributed by atoms with Crippen molar-refractivity contribution in [3.63, 3.8) is 0 Å². The second kappa shape index (κ2) is 14.1. The second-order valence-electron chi connectivity index (χ2n) is 10.3. The molecule has 9 heteroatoms. The molecule has 0 saturated carbocycles. The number of hydrogen-bond acceptors (Lipinski definition) is 4. The van der Waals surface area contributed by atoms with Crippen LogP contribution < -0.4 is 5.32 Å². The van der Waals surface area contributed by atoms with Gasteiger partial charge in [-0.25, -0.2) is 18.0 Å². The summed E-state index contributed by atoms with van der Waals surface area (Å²) >= 11 is 0. The van der Waals surface area contributed by atoms with Crippen molar-refractivity contribution >= 4 is 12.0 Å². The number of piperidine rings is 1. The van der Waals surface area contributed by atoms with Crippen LogP contribution in [0.1, 0.15) is 59.8 Å². The Morgan fingerprint density at radius 3 is 2.47 bits per heavy atom. The number of ether oxygens (including phenoxy) is 2. The molecule has 1 fully saturated rings. The van der Waals surface area contributed by atoms with Crippen LogP contribution in [-0.2, 0) is 14.3 Å². The lowest BCUT2D eigenvalue weighted by atomic mass is 9.89. The summed E-state index contributed by atoms with van der Waals surface area (Å²) < 4.78 is 49.4. The van der Waals surface area contributed by atoms with Gasteiger partial charge in [-0.1, -0.05) is 23.8 Å². The van der Waals surface area contributed by atoms with E-state index in [1.54, 1.807) is 17.1 Å². The molecule has 1 N–H and O–H groups in total. The van der Waals surface area contributed by atoms with E-state index in [0.29, 0.717) is 44.7 Å². The van der Waals surface area contributed by atoms with Crippen LogP contribution in [0.5, 0.6) is 0 Å². The van der Waals surface area contributed by atoms with E-state index in [9.17, 15) is 22.8 Å². The number of amides is 2. The summed E-state index contributed by atoms with van der Waals surface area (Å²) in [6, 6.07) is 0. The lowest BCUT2D eigenvalue weighted by Crippen LogP contribution is -2.42. The minimum Gasteiger partial charge on any atom is -0.493 e. The minimum absolute atomic E-state index is 0.249. The highest BCUT2D eigenvalue weighted by atomic mass is 19.3. The van der Waals surface area contributed by atoms with E-state index in [-0.39, 0.29) is 29.7 Å². The highest BCUT2D eigenvalue weighted by molar-refractivity contribution is 5.79. The Bertz CT molecular complexity index is 863. The third-order valence-electron chi connectivity index (χ3n) is 5.91. The molecule has 202 valence electrons. The first-order chi connectivity index (χ1) is 16.9. The standard InChI is InChI=1S/C27H39F3N2O4/c1-19(28)16-23(35-18-21-12-14-32(15-13-21)26(34)36-27(2,3)4)7-5-6-20-8-10-22(11-9-20)25(33)31-17-24(29)30/h5-8,16,21-22,24H,9-15,17-18H2,1-4H3,(H,31,33)/b6-5+,19-16+,23-7+. The van der Waals surface area contributed by atoms with Gasteiger partial charge in [0.15, 0.2) is 0 Å². The van der Waals surface area contributed by atoms with Crippen LogP contribution in [0.25, 0.3) is 0 Å². The summed E-state index contributed by atoms with van der Waals surface area (Å²) in [4.78, 5) is 25.9. The molecule has 0 aromatic rings. The van der Waals surface area contributed by atoms with Gasteiger partial charge < -0.3 is 19.7 Å². The molecule has 2 amide bonds. The lowest BCUT2D eigenvalue weighted by Gasteiger charge is -2.33. The van der Waals surface area contributed by atoms with Crippen molar-refractivity contribution in [2.75, 3.05) is 26.2 Å². The van der Waals surface area contributed by atoms with Gasteiger partial charge in [-0.2, -0.15) is 0 Å². The summed E-state index contributed by atoms with van der Waals surface area (Å²) in [5.74, 6) is -0.358. The molecule has 0 radical (unpaired) electrons. The predicted octanol–water partition coefficient (Wildman–Crippen LogP) is 6.07. The Kier molecular flexibility index (Phi) is 11.6. The molecular weight excluding hydrogens is 473 g/mol. The van der Waals surface area contributed by atoms with Crippen LogP contribution in [0.2, 0.25) is 0 Å². The Labute approximate surface area is 212 Å². The summed E-state index contributed by atoms with van der Waals surface area (Å²) in [5.41, 5.74) is 0.500. The predicted molar refractivity (Wildman–Crippen MR) is 133 cm³/mol. The van der Waals surface area contributed by atoms with Gasteiger partial charge in [0, 0.05) is 25.1 Å².